The maximum Gasteiger partial charge on any atom is 0.329 e. The Bertz CT molecular complexity index is 433. The van der Waals surface area contributed by atoms with E-state index in [9.17, 15) is 9.59 Å². The first-order valence-electron chi connectivity index (χ1n) is 4.97. The number of aromatic amines is 1. The van der Waals surface area contributed by atoms with Crippen LogP contribution in [-0.2, 0) is 4.74 Å². The predicted molar refractivity (Wildman–Crippen MR) is 62.1 cm³/mol. The lowest BCUT2D eigenvalue weighted by atomic mass is 10.1. The van der Waals surface area contributed by atoms with Gasteiger partial charge >= 0.3 is 5.69 Å². The molecular formula is C10H15ClN2O3. The van der Waals surface area contributed by atoms with Crippen molar-refractivity contribution < 1.29 is 4.74 Å². The molecule has 16 heavy (non-hydrogen) atoms. The predicted octanol–water partition coefficient (Wildman–Crippen LogP) is 1.03. The summed E-state index contributed by atoms with van der Waals surface area (Å²) in [4.78, 5) is 25.7. The maximum absolute atomic E-state index is 11.7. The molecule has 5 nitrogen and oxygen atoms in total. The van der Waals surface area contributed by atoms with Crippen LogP contribution in [0.4, 0.5) is 0 Å². The van der Waals surface area contributed by atoms with Gasteiger partial charge < -0.3 is 4.74 Å². The van der Waals surface area contributed by atoms with Crippen molar-refractivity contribution >= 4 is 11.6 Å². The van der Waals surface area contributed by atoms with Crippen LogP contribution in [-0.4, -0.2) is 23.3 Å². The lowest BCUT2D eigenvalue weighted by Crippen LogP contribution is -2.41. The van der Waals surface area contributed by atoms with Crippen LogP contribution in [0.2, 0.25) is 5.15 Å². The smallest absolute Gasteiger partial charge is 0.329 e. The van der Waals surface area contributed by atoms with Crippen molar-refractivity contribution in [2.75, 3.05) is 13.7 Å². The summed E-state index contributed by atoms with van der Waals surface area (Å²) in [6, 6.07) is 0.895. The van der Waals surface area contributed by atoms with E-state index >= 15 is 0 Å². The van der Waals surface area contributed by atoms with E-state index in [1.807, 2.05) is 13.8 Å². The molecule has 0 radical (unpaired) electrons. The maximum atomic E-state index is 11.7. The van der Waals surface area contributed by atoms with Crippen molar-refractivity contribution in [3.05, 3.63) is 32.1 Å². The molecule has 1 heterocycles. The summed E-state index contributed by atoms with van der Waals surface area (Å²) in [6.07, 6.45) is 0. The Kier molecular flexibility index (Phi) is 4.32. The molecule has 1 aromatic heterocycles. The van der Waals surface area contributed by atoms with Crippen LogP contribution in [0.5, 0.6) is 0 Å². The second kappa shape index (κ2) is 5.32. The lowest BCUT2D eigenvalue weighted by Gasteiger charge is -2.21. The van der Waals surface area contributed by atoms with E-state index < -0.39 is 11.2 Å². The number of rotatable bonds is 4. The third kappa shape index (κ3) is 2.74. The number of nitrogens with zero attached hydrogens (tertiary/aromatic N) is 1. The molecule has 0 aliphatic rings. The first kappa shape index (κ1) is 13.0. The van der Waals surface area contributed by atoms with Gasteiger partial charge in [-0.15, -0.1) is 0 Å². The lowest BCUT2D eigenvalue weighted by molar-refractivity contribution is 0.129. The van der Waals surface area contributed by atoms with Crippen molar-refractivity contribution in [2.24, 2.45) is 5.92 Å². The summed E-state index contributed by atoms with van der Waals surface area (Å²) in [7, 11) is 1.53. The average molecular weight is 247 g/mol. The van der Waals surface area contributed by atoms with Gasteiger partial charge in [-0.3, -0.25) is 14.3 Å². The molecule has 1 rings (SSSR count). The van der Waals surface area contributed by atoms with Crippen molar-refractivity contribution in [3.8, 4) is 0 Å². The summed E-state index contributed by atoms with van der Waals surface area (Å²) in [5.74, 6) is 0.111. The van der Waals surface area contributed by atoms with Crippen LogP contribution < -0.4 is 11.2 Å². The monoisotopic (exact) mass is 246 g/mol. The normalized spacial score (nSPS) is 13.1. The fourth-order valence-electron chi connectivity index (χ4n) is 1.53. The quantitative estimate of drug-likeness (QED) is 0.808. The minimum absolute atomic E-state index is 0.0474. The number of aromatic nitrogens is 2. The molecule has 6 heteroatoms. The summed E-state index contributed by atoms with van der Waals surface area (Å²) in [6.45, 7) is 4.15. The molecule has 0 aliphatic carbocycles. The number of methoxy groups -OCH3 is 1. The van der Waals surface area contributed by atoms with E-state index in [-0.39, 0.29) is 17.1 Å². The van der Waals surface area contributed by atoms with Gasteiger partial charge in [-0.1, -0.05) is 25.4 Å². The Morgan fingerprint density at radius 3 is 2.56 bits per heavy atom. The highest BCUT2D eigenvalue weighted by atomic mass is 35.5. The van der Waals surface area contributed by atoms with Gasteiger partial charge in [0.1, 0.15) is 5.15 Å². The molecule has 0 aromatic carbocycles. The molecular weight excluding hydrogens is 232 g/mol. The van der Waals surface area contributed by atoms with Gasteiger partial charge in [0.15, 0.2) is 0 Å². The highest BCUT2D eigenvalue weighted by molar-refractivity contribution is 6.29. The van der Waals surface area contributed by atoms with Gasteiger partial charge in [-0.2, -0.15) is 0 Å². The molecule has 0 spiro atoms. The number of H-pyrrole nitrogens is 1. The topological polar surface area (TPSA) is 64.1 Å². The van der Waals surface area contributed by atoms with Gasteiger partial charge in [0.25, 0.3) is 5.56 Å². The molecule has 1 N–H and O–H groups in total. The Morgan fingerprint density at radius 2 is 2.12 bits per heavy atom. The largest absolute Gasteiger partial charge is 0.383 e. The zero-order valence-corrected chi connectivity index (χ0v) is 10.2. The zero-order valence-electron chi connectivity index (χ0n) is 9.49. The minimum atomic E-state index is -0.506. The molecule has 90 valence electrons. The number of nitrogens with one attached hydrogen (secondary N) is 1. The SMILES string of the molecule is COCC(C(C)C)n1c(=O)cc(Cl)[nH]c1=O. The third-order valence-electron chi connectivity index (χ3n) is 2.37. The van der Waals surface area contributed by atoms with E-state index in [1.165, 1.54) is 13.2 Å². The first-order chi connectivity index (χ1) is 7.47. The van der Waals surface area contributed by atoms with Crippen LogP contribution in [0.15, 0.2) is 15.7 Å². The van der Waals surface area contributed by atoms with E-state index in [0.29, 0.717) is 6.61 Å². The highest BCUT2D eigenvalue weighted by Gasteiger charge is 2.19. The van der Waals surface area contributed by atoms with Gasteiger partial charge in [0.05, 0.1) is 12.6 Å². The number of halogens is 1. The average Bonchev–Trinajstić information content (AvgIpc) is 2.14. The van der Waals surface area contributed by atoms with Crippen LogP contribution in [0.25, 0.3) is 0 Å². The molecule has 0 fully saturated rings. The van der Waals surface area contributed by atoms with Crippen molar-refractivity contribution in [3.63, 3.8) is 0 Å². The van der Waals surface area contributed by atoms with Gasteiger partial charge in [-0.25, -0.2) is 4.79 Å². The Morgan fingerprint density at radius 1 is 1.50 bits per heavy atom. The molecule has 1 unspecified atom stereocenters. The zero-order chi connectivity index (χ0) is 12.3. The van der Waals surface area contributed by atoms with E-state index in [1.54, 1.807) is 0 Å². The molecule has 1 aromatic rings. The van der Waals surface area contributed by atoms with Crippen LogP contribution >= 0.6 is 11.6 Å². The fourth-order valence-corrected chi connectivity index (χ4v) is 1.70. The second-order valence-corrected chi connectivity index (χ2v) is 4.30. The van der Waals surface area contributed by atoms with Crippen molar-refractivity contribution in [2.45, 2.75) is 19.9 Å². The van der Waals surface area contributed by atoms with Gasteiger partial charge in [-0.05, 0) is 5.92 Å². The van der Waals surface area contributed by atoms with E-state index in [0.717, 1.165) is 4.57 Å². The summed E-state index contributed by atoms with van der Waals surface area (Å²) < 4.78 is 6.15. The van der Waals surface area contributed by atoms with Crippen molar-refractivity contribution in [1.29, 1.82) is 0 Å². The second-order valence-electron chi connectivity index (χ2n) is 3.90. The van der Waals surface area contributed by atoms with Crippen LogP contribution in [0.1, 0.15) is 19.9 Å². The Labute approximate surface area is 98.0 Å². The van der Waals surface area contributed by atoms with Gasteiger partial charge in [0.2, 0.25) is 0 Å². The summed E-state index contributed by atoms with van der Waals surface area (Å²) >= 11 is 5.58. The molecule has 0 saturated heterocycles. The molecule has 0 bridgehead atoms. The Balaban J connectivity index is 3.30. The summed E-state index contributed by atoms with van der Waals surface area (Å²) in [5.41, 5.74) is -0.919. The number of ether oxygens (including phenoxy) is 1. The van der Waals surface area contributed by atoms with Gasteiger partial charge in [0, 0.05) is 13.2 Å². The van der Waals surface area contributed by atoms with E-state index in [4.69, 9.17) is 16.3 Å². The van der Waals surface area contributed by atoms with E-state index in [2.05, 4.69) is 4.98 Å². The molecule has 1 atom stereocenters. The highest BCUT2D eigenvalue weighted by Crippen LogP contribution is 2.14. The molecule has 0 amide bonds. The third-order valence-corrected chi connectivity index (χ3v) is 2.57. The standard InChI is InChI=1S/C10H15ClN2O3/c1-6(2)7(5-16-3)13-9(14)4-8(11)12-10(13)15/h4,6-7H,5H2,1-3H3,(H,12,15). The first-order valence-corrected chi connectivity index (χ1v) is 5.35. The minimum Gasteiger partial charge on any atom is -0.383 e. The van der Waals surface area contributed by atoms with Crippen LogP contribution in [0, 0.1) is 5.92 Å². The number of hydrogen-bond acceptors (Lipinski definition) is 3. The number of hydrogen-bond donors (Lipinski definition) is 1. The molecule has 0 aliphatic heterocycles. The van der Waals surface area contributed by atoms with Crippen molar-refractivity contribution in [1.82, 2.24) is 9.55 Å². The van der Waals surface area contributed by atoms with Crippen LogP contribution in [0.3, 0.4) is 0 Å². The Hall–Kier alpha value is -1.07. The fraction of sp³-hybridized carbons (Fsp3) is 0.600. The summed E-state index contributed by atoms with van der Waals surface area (Å²) in [5, 5.41) is 0.0474. The molecule has 0 saturated carbocycles.